The Morgan fingerprint density at radius 3 is 2.44 bits per heavy atom. The molecule has 3 rings (SSSR count). The minimum Gasteiger partial charge on any atom is -0.457 e. The zero-order valence-electron chi connectivity index (χ0n) is 14.9. The molecule has 0 bridgehead atoms. The number of amides is 1. The molecular formula is C19H22N2O4S2. The van der Waals surface area contributed by atoms with Crippen LogP contribution in [0.4, 0.5) is 0 Å². The van der Waals surface area contributed by atoms with Gasteiger partial charge in [0.05, 0.1) is 6.26 Å². The summed E-state index contributed by atoms with van der Waals surface area (Å²) in [7, 11) is -3.27. The van der Waals surface area contributed by atoms with Crippen molar-refractivity contribution in [2.45, 2.75) is 17.7 Å². The van der Waals surface area contributed by atoms with Crippen LogP contribution in [0.1, 0.15) is 17.2 Å². The van der Waals surface area contributed by atoms with Gasteiger partial charge in [0.25, 0.3) is 0 Å². The highest BCUT2D eigenvalue weighted by molar-refractivity contribution is 8.00. The normalized spacial score (nSPS) is 20.6. The van der Waals surface area contributed by atoms with Crippen LogP contribution in [0.15, 0.2) is 54.6 Å². The summed E-state index contributed by atoms with van der Waals surface area (Å²) < 4.78 is 30.7. The number of nitrogens with one attached hydrogen (secondary N) is 2. The molecule has 8 heteroatoms. The lowest BCUT2D eigenvalue weighted by Crippen LogP contribution is -2.43. The van der Waals surface area contributed by atoms with Crippen LogP contribution < -0.4 is 14.8 Å². The number of sulfonamides is 1. The van der Waals surface area contributed by atoms with Crippen LogP contribution in [0.25, 0.3) is 0 Å². The van der Waals surface area contributed by atoms with Gasteiger partial charge >= 0.3 is 0 Å². The molecule has 2 aromatic rings. The molecule has 1 aliphatic rings. The van der Waals surface area contributed by atoms with Gasteiger partial charge < -0.3 is 10.1 Å². The third kappa shape index (κ3) is 5.98. The number of ether oxygens (including phenoxy) is 1. The van der Waals surface area contributed by atoms with E-state index in [1.54, 1.807) is 11.8 Å². The van der Waals surface area contributed by atoms with Gasteiger partial charge in [-0.1, -0.05) is 30.3 Å². The fourth-order valence-electron chi connectivity index (χ4n) is 2.74. The molecular weight excluding hydrogens is 384 g/mol. The van der Waals surface area contributed by atoms with Crippen molar-refractivity contribution in [2.75, 3.05) is 18.6 Å². The molecule has 144 valence electrons. The Labute approximate surface area is 163 Å². The maximum absolute atomic E-state index is 12.6. The van der Waals surface area contributed by atoms with Gasteiger partial charge in [0, 0.05) is 12.6 Å². The first-order chi connectivity index (χ1) is 12.9. The molecule has 27 heavy (non-hydrogen) atoms. The van der Waals surface area contributed by atoms with Crippen molar-refractivity contribution in [1.82, 2.24) is 10.0 Å². The summed E-state index contributed by atoms with van der Waals surface area (Å²) in [5.41, 5.74) is 0.898. The highest BCUT2D eigenvalue weighted by Crippen LogP contribution is 2.33. The van der Waals surface area contributed by atoms with Gasteiger partial charge in [-0.2, -0.15) is 0 Å². The Kier molecular flexibility index (Phi) is 6.41. The number of hydrogen-bond donors (Lipinski definition) is 2. The van der Waals surface area contributed by atoms with E-state index in [4.69, 9.17) is 4.74 Å². The second-order valence-electron chi connectivity index (χ2n) is 6.35. The molecule has 0 unspecified atom stereocenters. The second-order valence-corrected chi connectivity index (χ2v) is 9.40. The number of carbonyl (C=O) groups excluding carboxylic acids is 1. The molecule has 0 saturated carbocycles. The fourth-order valence-corrected chi connectivity index (χ4v) is 4.47. The third-order valence-electron chi connectivity index (χ3n) is 4.09. The molecule has 2 N–H and O–H groups in total. The van der Waals surface area contributed by atoms with E-state index in [0.29, 0.717) is 12.2 Å². The zero-order chi connectivity index (χ0) is 19.3. The summed E-state index contributed by atoms with van der Waals surface area (Å²) in [5, 5.41) is 2.62. The summed E-state index contributed by atoms with van der Waals surface area (Å²) in [4.78, 5) is 12.6. The smallest absolute Gasteiger partial charge is 0.237 e. The molecule has 0 radical (unpaired) electrons. The molecule has 0 aromatic heterocycles. The second kappa shape index (κ2) is 8.77. The molecule has 1 fully saturated rings. The summed E-state index contributed by atoms with van der Waals surface area (Å²) in [6.07, 6.45) is 1.83. The number of hydrogen-bond acceptors (Lipinski definition) is 5. The lowest BCUT2D eigenvalue weighted by molar-refractivity contribution is -0.121. The Hall–Kier alpha value is -2.03. The van der Waals surface area contributed by atoms with Crippen molar-refractivity contribution in [2.24, 2.45) is 0 Å². The molecule has 1 aliphatic heterocycles. The number of rotatable bonds is 6. The van der Waals surface area contributed by atoms with E-state index in [-0.39, 0.29) is 23.7 Å². The van der Waals surface area contributed by atoms with E-state index >= 15 is 0 Å². The molecule has 6 nitrogen and oxygen atoms in total. The molecule has 1 saturated heterocycles. The Balaban J connectivity index is 1.63. The van der Waals surface area contributed by atoms with Crippen LogP contribution in [0, 0.1) is 0 Å². The van der Waals surface area contributed by atoms with Crippen molar-refractivity contribution < 1.29 is 17.9 Å². The van der Waals surface area contributed by atoms with E-state index in [1.807, 2.05) is 54.6 Å². The predicted octanol–water partition coefficient (Wildman–Crippen LogP) is 2.69. The van der Waals surface area contributed by atoms with Crippen LogP contribution >= 0.6 is 11.8 Å². The molecule has 1 heterocycles. The average molecular weight is 407 g/mol. The summed E-state index contributed by atoms with van der Waals surface area (Å²) >= 11 is 1.56. The SMILES string of the molecule is CS(=O)(=O)NC[C@@H]1CCS[C@H](c2ccc(Oc3ccccc3)cc2)C(=O)N1. The first-order valence-corrected chi connectivity index (χ1v) is 11.5. The van der Waals surface area contributed by atoms with Gasteiger partial charge in [-0.05, 0) is 42.0 Å². The van der Waals surface area contributed by atoms with E-state index < -0.39 is 10.0 Å². The highest BCUT2D eigenvalue weighted by Gasteiger charge is 2.27. The lowest BCUT2D eigenvalue weighted by Gasteiger charge is -2.17. The first-order valence-electron chi connectivity index (χ1n) is 8.60. The number of benzene rings is 2. The van der Waals surface area contributed by atoms with Crippen molar-refractivity contribution in [3.63, 3.8) is 0 Å². The van der Waals surface area contributed by atoms with Crippen molar-refractivity contribution in [1.29, 1.82) is 0 Å². The zero-order valence-corrected chi connectivity index (χ0v) is 16.6. The largest absolute Gasteiger partial charge is 0.457 e. The molecule has 1 amide bonds. The van der Waals surface area contributed by atoms with Crippen LogP contribution in [-0.4, -0.2) is 38.9 Å². The molecule has 0 aliphatic carbocycles. The quantitative estimate of drug-likeness (QED) is 0.771. The van der Waals surface area contributed by atoms with Crippen molar-refractivity contribution in [3.8, 4) is 11.5 Å². The number of para-hydroxylation sites is 1. The average Bonchev–Trinajstić information content (AvgIpc) is 2.82. The van der Waals surface area contributed by atoms with Crippen molar-refractivity contribution >= 4 is 27.7 Å². The van der Waals surface area contributed by atoms with E-state index in [2.05, 4.69) is 10.0 Å². The minimum absolute atomic E-state index is 0.102. The maximum atomic E-state index is 12.6. The van der Waals surface area contributed by atoms with Crippen LogP contribution in [0.3, 0.4) is 0 Å². The van der Waals surface area contributed by atoms with E-state index in [0.717, 1.165) is 23.3 Å². The predicted molar refractivity (Wildman–Crippen MR) is 108 cm³/mol. The Bertz CT molecular complexity index is 870. The number of thioether (sulfide) groups is 1. The standard InChI is InChI=1S/C19H22N2O4S2/c1-27(23,24)20-13-15-11-12-26-18(19(22)21-15)14-7-9-17(10-8-14)25-16-5-3-2-4-6-16/h2-10,15,18,20H,11-13H2,1H3,(H,21,22)/t15-,18+/m0/s1. The summed E-state index contributed by atoms with van der Waals surface area (Å²) in [6, 6.07) is 16.8. The first kappa shape index (κ1) is 19.7. The monoisotopic (exact) mass is 406 g/mol. The third-order valence-corrected chi connectivity index (χ3v) is 6.07. The molecule has 2 atom stereocenters. The maximum Gasteiger partial charge on any atom is 0.237 e. The van der Waals surface area contributed by atoms with Crippen LogP contribution in [0.2, 0.25) is 0 Å². The summed E-state index contributed by atoms with van der Waals surface area (Å²) in [6.45, 7) is 0.210. The van der Waals surface area contributed by atoms with Gasteiger partial charge in [-0.15, -0.1) is 11.8 Å². The number of carbonyl (C=O) groups is 1. The lowest BCUT2D eigenvalue weighted by atomic mass is 10.1. The highest BCUT2D eigenvalue weighted by atomic mass is 32.2. The fraction of sp³-hybridized carbons (Fsp3) is 0.316. The molecule has 2 aromatic carbocycles. The van der Waals surface area contributed by atoms with Gasteiger partial charge in [0.1, 0.15) is 16.7 Å². The van der Waals surface area contributed by atoms with Crippen molar-refractivity contribution in [3.05, 3.63) is 60.2 Å². The Morgan fingerprint density at radius 2 is 1.78 bits per heavy atom. The topological polar surface area (TPSA) is 84.5 Å². The van der Waals surface area contributed by atoms with E-state index in [1.165, 1.54) is 0 Å². The van der Waals surface area contributed by atoms with Gasteiger partial charge in [0.15, 0.2) is 0 Å². The van der Waals surface area contributed by atoms with E-state index in [9.17, 15) is 13.2 Å². The van der Waals surface area contributed by atoms with Gasteiger partial charge in [-0.3, -0.25) is 4.79 Å². The van der Waals surface area contributed by atoms with Crippen LogP contribution in [0.5, 0.6) is 11.5 Å². The molecule has 0 spiro atoms. The Morgan fingerprint density at radius 1 is 1.11 bits per heavy atom. The minimum atomic E-state index is -3.27. The van der Waals surface area contributed by atoms with Crippen LogP contribution in [-0.2, 0) is 14.8 Å². The van der Waals surface area contributed by atoms with Gasteiger partial charge in [0.2, 0.25) is 15.9 Å². The summed E-state index contributed by atoms with van der Waals surface area (Å²) in [5.74, 6) is 2.13. The van der Waals surface area contributed by atoms with Gasteiger partial charge in [-0.25, -0.2) is 13.1 Å².